The van der Waals surface area contributed by atoms with E-state index in [9.17, 15) is 13.0 Å². The van der Waals surface area contributed by atoms with Gasteiger partial charge in [0.25, 0.3) is 5.52 Å². The van der Waals surface area contributed by atoms with Crippen LogP contribution in [-0.2, 0) is 16.7 Å². The highest BCUT2D eigenvalue weighted by atomic mass is 35.5. The van der Waals surface area contributed by atoms with Crippen LogP contribution in [0.25, 0.3) is 23.3 Å². The van der Waals surface area contributed by atoms with Crippen LogP contribution in [0, 0.1) is 6.92 Å². The number of rotatable bonds is 7. The highest BCUT2D eigenvalue weighted by molar-refractivity contribution is 7.85. The molecule has 0 aliphatic carbocycles. The molecule has 3 aromatic carbocycles. The lowest BCUT2D eigenvalue weighted by Crippen LogP contribution is -2.33. The number of fused-ring (bicyclic) bond motifs is 1. The van der Waals surface area contributed by atoms with Gasteiger partial charge in [-0.25, -0.2) is 8.42 Å². The van der Waals surface area contributed by atoms with Crippen molar-refractivity contribution in [1.29, 1.82) is 0 Å². The molecule has 0 spiro atoms. The Hall–Kier alpha value is -3.65. The minimum absolute atomic E-state index is 0.178. The predicted molar refractivity (Wildman–Crippen MR) is 154 cm³/mol. The summed E-state index contributed by atoms with van der Waals surface area (Å²) < 4.78 is 39.2. The van der Waals surface area contributed by atoms with Gasteiger partial charge in [-0.2, -0.15) is 4.57 Å². The first-order chi connectivity index (χ1) is 18.1. The van der Waals surface area contributed by atoms with E-state index in [-0.39, 0.29) is 4.90 Å². The van der Waals surface area contributed by atoms with E-state index in [1.165, 1.54) is 23.4 Å². The average Bonchev–Trinajstić information content (AvgIpc) is 3.23. The number of anilines is 1. The van der Waals surface area contributed by atoms with E-state index < -0.39 is 10.1 Å². The van der Waals surface area contributed by atoms with Crippen molar-refractivity contribution >= 4 is 50.7 Å². The molecular formula is C30H31ClN2O4S. The standard InChI is InChI=1S/C23H24ClN2O.C7H8O3S/c1-4-26-21-17-19(24)13-16-22(21)27-23(26)10-8-6-5-7-9-18-11-14-20(15-12-18)25(2)3;1-6-2-4-7(5-3-6)11(8,9)10/h5-17H,4H2,1-3H3;2-5H,1H3,(H,8,9,10)/q+1;/p-1. The Morgan fingerprint density at radius 3 is 2.13 bits per heavy atom. The van der Waals surface area contributed by atoms with Crippen LogP contribution in [0.1, 0.15) is 23.9 Å². The summed E-state index contributed by atoms with van der Waals surface area (Å²) >= 11 is 6.10. The SMILES string of the molecule is CC[n+]1c(C=CC=CC=Cc2ccc(N(C)C)cc2)oc2ccc(Cl)cc21.Cc1ccc(S(=O)(=O)[O-])cc1. The zero-order valence-electron chi connectivity index (χ0n) is 21.8. The van der Waals surface area contributed by atoms with Gasteiger partial charge in [-0.15, -0.1) is 0 Å². The number of aromatic nitrogens is 1. The molecule has 0 radical (unpaired) electrons. The third kappa shape index (κ3) is 8.18. The highest BCUT2D eigenvalue weighted by Gasteiger charge is 2.18. The first kappa shape index (κ1) is 28.9. The molecule has 6 nitrogen and oxygen atoms in total. The lowest BCUT2D eigenvalue weighted by Gasteiger charge is -2.11. The molecule has 4 rings (SSSR count). The number of benzene rings is 3. The van der Waals surface area contributed by atoms with E-state index in [2.05, 4.69) is 46.7 Å². The molecule has 0 fully saturated rings. The van der Waals surface area contributed by atoms with E-state index in [0.29, 0.717) is 5.02 Å². The second-order valence-corrected chi connectivity index (χ2v) is 10.5. The van der Waals surface area contributed by atoms with Crippen LogP contribution >= 0.6 is 11.6 Å². The quantitative estimate of drug-likeness (QED) is 0.146. The Morgan fingerprint density at radius 2 is 1.55 bits per heavy atom. The van der Waals surface area contributed by atoms with Crippen LogP contribution in [0.2, 0.25) is 5.02 Å². The van der Waals surface area contributed by atoms with E-state index in [1.54, 1.807) is 12.1 Å². The van der Waals surface area contributed by atoms with E-state index in [1.807, 2.05) is 69.6 Å². The summed E-state index contributed by atoms with van der Waals surface area (Å²) in [6.45, 7) is 4.73. The number of hydrogen-bond acceptors (Lipinski definition) is 5. The second kappa shape index (κ2) is 13.2. The summed E-state index contributed by atoms with van der Waals surface area (Å²) in [4.78, 5) is 1.91. The summed E-state index contributed by atoms with van der Waals surface area (Å²) in [5.74, 6) is 0.808. The molecule has 0 saturated carbocycles. The summed E-state index contributed by atoms with van der Waals surface area (Å²) in [5, 5.41) is 0.713. The minimum Gasteiger partial charge on any atom is -0.744 e. The molecule has 8 heteroatoms. The first-order valence-corrected chi connectivity index (χ1v) is 13.8. The lowest BCUT2D eigenvalue weighted by atomic mass is 10.2. The van der Waals surface area contributed by atoms with Crippen molar-refractivity contribution in [1.82, 2.24) is 0 Å². The molecule has 4 aromatic rings. The van der Waals surface area contributed by atoms with Crippen molar-refractivity contribution in [2.24, 2.45) is 0 Å². The zero-order valence-corrected chi connectivity index (χ0v) is 23.4. The normalized spacial score (nSPS) is 11.9. The molecule has 198 valence electrons. The van der Waals surface area contributed by atoms with Crippen LogP contribution in [0.3, 0.4) is 0 Å². The Balaban J connectivity index is 0.000000304. The number of aryl methyl sites for hydroxylation is 2. The topological polar surface area (TPSA) is 77.5 Å². The number of nitrogens with zero attached hydrogens (tertiary/aromatic N) is 2. The van der Waals surface area contributed by atoms with Crippen LogP contribution in [0.15, 0.2) is 100 Å². The molecule has 0 amide bonds. The number of halogens is 1. The average molecular weight is 551 g/mol. The maximum absolute atomic E-state index is 10.4. The number of oxazole rings is 1. The van der Waals surface area contributed by atoms with Crippen molar-refractivity contribution < 1.29 is 22.0 Å². The van der Waals surface area contributed by atoms with Crippen molar-refractivity contribution in [3.63, 3.8) is 0 Å². The third-order valence-corrected chi connectivity index (χ3v) is 6.67. The van der Waals surface area contributed by atoms with Crippen molar-refractivity contribution in [2.45, 2.75) is 25.3 Å². The molecule has 0 unspecified atom stereocenters. The van der Waals surface area contributed by atoms with E-state index >= 15 is 0 Å². The van der Waals surface area contributed by atoms with E-state index in [4.69, 9.17) is 16.0 Å². The fourth-order valence-corrected chi connectivity index (χ4v) is 4.18. The molecule has 0 N–H and O–H groups in total. The van der Waals surface area contributed by atoms with Crippen LogP contribution in [0.4, 0.5) is 5.69 Å². The lowest BCUT2D eigenvalue weighted by molar-refractivity contribution is -0.674. The van der Waals surface area contributed by atoms with Gasteiger partial charge >= 0.3 is 5.89 Å². The maximum Gasteiger partial charge on any atom is 0.374 e. The van der Waals surface area contributed by atoms with Gasteiger partial charge in [0, 0.05) is 30.9 Å². The van der Waals surface area contributed by atoms with Gasteiger partial charge in [0.1, 0.15) is 16.7 Å². The molecule has 38 heavy (non-hydrogen) atoms. The predicted octanol–water partition coefficient (Wildman–Crippen LogP) is 6.64. The molecule has 0 atom stereocenters. The number of allylic oxidation sites excluding steroid dienone is 4. The summed E-state index contributed by atoms with van der Waals surface area (Å²) in [6, 6.07) is 19.9. The zero-order chi connectivity index (χ0) is 27.7. The van der Waals surface area contributed by atoms with E-state index in [0.717, 1.165) is 29.1 Å². The Morgan fingerprint density at radius 1 is 0.921 bits per heavy atom. The molecule has 0 aliphatic rings. The maximum atomic E-state index is 10.4. The van der Waals surface area contributed by atoms with Gasteiger partial charge in [0.15, 0.2) is 0 Å². The van der Waals surface area contributed by atoms with Crippen LogP contribution in [0.5, 0.6) is 0 Å². The fraction of sp³-hybridized carbons (Fsp3) is 0.167. The van der Waals surface area contributed by atoms with Crippen LogP contribution < -0.4 is 9.47 Å². The van der Waals surface area contributed by atoms with Gasteiger partial charge in [-0.3, -0.25) is 0 Å². The van der Waals surface area contributed by atoms with Crippen molar-refractivity contribution in [3.8, 4) is 0 Å². The Labute approximate surface area is 229 Å². The number of hydrogen-bond donors (Lipinski definition) is 0. The molecule has 1 aromatic heterocycles. The molecular weight excluding hydrogens is 520 g/mol. The fourth-order valence-electron chi connectivity index (χ4n) is 3.55. The first-order valence-electron chi connectivity index (χ1n) is 12.0. The third-order valence-electron chi connectivity index (χ3n) is 5.59. The highest BCUT2D eigenvalue weighted by Crippen LogP contribution is 2.19. The van der Waals surface area contributed by atoms with Gasteiger partial charge in [-0.05, 0) is 55.8 Å². The summed E-state index contributed by atoms with van der Waals surface area (Å²) in [7, 11) is -0.189. The van der Waals surface area contributed by atoms with Gasteiger partial charge < -0.3 is 13.9 Å². The van der Waals surface area contributed by atoms with Gasteiger partial charge in [-0.1, -0.05) is 71.8 Å². The Bertz CT molecular complexity index is 1550. The van der Waals surface area contributed by atoms with Crippen molar-refractivity contribution in [2.75, 3.05) is 19.0 Å². The molecule has 1 heterocycles. The largest absolute Gasteiger partial charge is 0.744 e. The van der Waals surface area contributed by atoms with Gasteiger partial charge in [0.05, 0.1) is 11.0 Å². The van der Waals surface area contributed by atoms with Crippen molar-refractivity contribution in [3.05, 3.63) is 113 Å². The summed E-state index contributed by atoms with van der Waals surface area (Å²) in [5.41, 5.74) is 5.15. The molecule has 0 bridgehead atoms. The smallest absolute Gasteiger partial charge is 0.374 e. The van der Waals surface area contributed by atoms with Gasteiger partial charge in [0.2, 0.25) is 5.58 Å². The summed E-state index contributed by atoms with van der Waals surface area (Å²) in [6.07, 6.45) is 12.1. The molecule has 0 saturated heterocycles. The molecule has 0 aliphatic heterocycles. The Kier molecular flexibility index (Phi) is 10.1. The second-order valence-electron chi connectivity index (χ2n) is 8.65. The minimum atomic E-state index is -4.27. The van der Waals surface area contributed by atoms with Crippen LogP contribution in [-0.4, -0.2) is 27.1 Å². The monoisotopic (exact) mass is 550 g/mol.